The third-order valence-corrected chi connectivity index (χ3v) is 3.11. The summed E-state index contributed by atoms with van der Waals surface area (Å²) in [5.74, 6) is 1.67. The molecule has 1 aliphatic carbocycles. The molecule has 0 aromatic carbocycles. The van der Waals surface area contributed by atoms with Crippen LogP contribution in [0.2, 0.25) is 0 Å². The van der Waals surface area contributed by atoms with E-state index in [0.717, 1.165) is 36.0 Å². The predicted molar refractivity (Wildman–Crippen MR) is 64.3 cm³/mol. The molecular weight excluding hydrogens is 198 g/mol. The van der Waals surface area contributed by atoms with Gasteiger partial charge in [0.05, 0.1) is 5.56 Å². The molecule has 0 amide bonds. The topological polar surface area (TPSA) is 39.9 Å². The van der Waals surface area contributed by atoms with Gasteiger partial charge in [-0.15, -0.1) is 0 Å². The summed E-state index contributed by atoms with van der Waals surface area (Å²) >= 11 is 0. The molecule has 1 heterocycles. The number of aryl methyl sites for hydroxylation is 1. The van der Waals surface area contributed by atoms with Crippen molar-refractivity contribution < 1.29 is 0 Å². The monoisotopic (exact) mass is 215 g/mol. The molecular formula is C13H17N3. The smallest absolute Gasteiger partial charge is 0.146 e. The Bertz CT molecular complexity index is 416. The Balaban J connectivity index is 2.29. The van der Waals surface area contributed by atoms with Gasteiger partial charge >= 0.3 is 0 Å². The van der Waals surface area contributed by atoms with Gasteiger partial charge in [0.2, 0.25) is 0 Å². The van der Waals surface area contributed by atoms with E-state index in [4.69, 9.17) is 0 Å². The normalized spacial score (nSPS) is 14.6. The zero-order valence-corrected chi connectivity index (χ0v) is 9.90. The lowest BCUT2D eigenvalue weighted by atomic mass is 10.1. The van der Waals surface area contributed by atoms with Crippen LogP contribution < -0.4 is 4.90 Å². The van der Waals surface area contributed by atoms with Crippen LogP contribution in [0.15, 0.2) is 12.3 Å². The van der Waals surface area contributed by atoms with Crippen molar-refractivity contribution in [1.29, 1.82) is 5.26 Å². The summed E-state index contributed by atoms with van der Waals surface area (Å²) in [6, 6.07) is 4.16. The minimum Gasteiger partial charge on any atom is -0.356 e. The summed E-state index contributed by atoms with van der Waals surface area (Å²) in [6.45, 7) is 6.05. The van der Waals surface area contributed by atoms with Crippen molar-refractivity contribution in [2.45, 2.75) is 26.7 Å². The average Bonchev–Trinajstić information content (AvgIpc) is 3.09. The molecule has 0 atom stereocenters. The minimum absolute atomic E-state index is 0.727. The van der Waals surface area contributed by atoms with E-state index in [0.29, 0.717) is 0 Å². The summed E-state index contributed by atoms with van der Waals surface area (Å²) in [5, 5.41) is 9.18. The molecule has 0 unspecified atom stereocenters. The van der Waals surface area contributed by atoms with Gasteiger partial charge < -0.3 is 4.90 Å². The first-order valence-electron chi connectivity index (χ1n) is 5.87. The van der Waals surface area contributed by atoms with Crippen molar-refractivity contribution in [1.82, 2.24) is 4.98 Å². The van der Waals surface area contributed by atoms with Gasteiger partial charge in [-0.1, -0.05) is 0 Å². The predicted octanol–water partition coefficient (Wildman–Crippen LogP) is 2.50. The molecule has 1 aliphatic rings. The van der Waals surface area contributed by atoms with E-state index in [1.54, 1.807) is 6.20 Å². The second-order valence-corrected chi connectivity index (χ2v) is 4.42. The lowest BCUT2D eigenvalue weighted by Gasteiger charge is -2.23. The van der Waals surface area contributed by atoms with Crippen LogP contribution in [0.5, 0.6) is 0 Å². The van der Waals surface area contributed by atoms with Gasteiger partial charge in [-0.05, 0) is 44.2 Å². The van der Waals surface area contributed by atoms with Crippen LogP contribution in [0.1, 0.15) is 30.9 Å². The molecule has 0 aliphatic heterocycles. The quantitative estimate of drug-likeness (QED) is 0.774. The third-order valence-electron chi connectivity index (χ3n) is 3.11. The Hall–Kier alpha value is -1.56. The largest absolute Gasteiger partial charge is 0.356 e. The minimum atomic E-state index is 0.727. The second-order valence-electron chi connectivity index (χ2n) is 4.42. The Morgan fingerprint density at radius 2 is 2.31 bits per heavy atom. The van der Waals surface area contributed by atoms with Gasteiger partial charge in [-0.3, -0.25) is 0 Å². The number of nitrogens with zero attached hydrogens (tertiary/aromatic N) is 3. The van der Waals surface area contributed by atoms with Gasteiger partial charge in [0, 0.05) is 19.3 Å². The van der Waals surface area contributed by atoms with Crippen molar-refractivity contribution in [2.24, 2.45) is 5.92 Å². The summed E-state index contributed by atoms with van der Waals surface area (Å²) in [7, 11) is 0. The fraction of sp³-hybridized carbons (Fsp3) is 0.538. The molecule has 0 spiro atoms. The van der Waals surface area contributed by atoms with Crippen LogP contribution in [0.25, 0.3) is 0 Å². The standard InChI is InChI=1S/C13H17N3/c1-3-16(9-11-4-5-11)13-12(8-14)10(2)6-7-15-13/h6-7,11H,3-5,9H2,1-2H3. The molecule has 3 heteroatoms. The van der Waals surface area contributed by atoms with E-state index in [2.05, 4.69) is 22.9 Å². The van der Waals surface area contributed by atoms with Gasteiger partial charge in [-0.2, -0.15) is 5.26 Å². The maximum absolute atomic E-state index is 9.18. The van der Waals surface area contributed by atoms with Crippen molar-refractivity contribution >= 4 is 5.82 Å². The average molecular weight is 215 g/mol. The van der Waals surface area contributed by atoms with Crippen molar-refractivity contribution in [3.05, 3.63) is 23.4 Å². The second kappa shape index (κ2) is 4.52. The molecule has 16 heavy (non-hydrogen) atoms. The maximum Gasteiger partial charge on any atom is 0.146 e. The highest BCUT2D eigenvalue weighted by Crippen LogP contribution is 2.31. The number of rotatable bonds is 4. The van der Waals surface area contributed by atoms with Crippen molar-refractivity contribution in [3.63, 3.8) is 0 Å². The molecule has 2 rings (SSSR count). The highest BCUT2D eigenvalue weighted by molar-refractivity contribution is 5.57. The zero-order chi connectivity index (χ0) is 11.5. The van der Waals surface area contributed by atoms with Crippen LogP contribution in [-0.2, 0) is 0 Å². The summed E-state index contributed by atoms with van der Waals surface area (Å²) in [6.07, 6.45) is 4.44. The first kappa shape index (κ1) is 10.9. The highest BCUT2D eigenvalue weighted by Gasteiger charge is 2.25. The number of pyridine rings is 1. The Kier molecular flexibility index (Phi) is 3.09. The molecule has 1 aromatic heterocycles. The fourth-order valence-corrected chi connectivity index (χ4v) is 1.90. The molecule has 0 N–H and O–H groups in total. The van der Waals surface area contributed by atoms with Gasteiger partial charge in [0.1, 0.15) is 11.9 Å². The molecule has 1 aromatic rings. The van der Waals surface area contributed by atoms with Crippen molar-refractivity contribution in [2.75, 3.05) is 18.0 Å². The number of nitriles is 1. The number of hydrogen-bond acceptors (Lipinski definition) is 3. The molecule has 1 saturated carbocycles. The lowest BCUT2D eigenvalue weighted by Crippen LogP contribution is -2.27. The molecule has 3 nitrogen and oxygen atoms in total. The summed E-state index contributed by atoms with van der Waals surface area (Å²) in [5.41, 5.74) is 1.74. The first-order valence-corrected chi connectivity index (χ1v) is 5.87. The number of hydrogen-bond donors (Lipinski definition) is 0. The Labute approximate surface area is 96.7 Å². The van der Waals surface area contributed by atoms with E-state index >= 15 is 0 Å². The van der Waals surface area contributed by atoms with Crippen LogP contribution in [-0.4, -0.2) is 18.1 Å². The van der Waals surface area contributed by atoms with Gasteiger partial charge in [0.25, 0.3) is 0 Å². The van der Waals surface area contributed by atoms with Crippen LogP contribution >= 0.6 is 0 Å². The molecule has 0 radical (unpaired) electrons. The fourth-order valence-electron chi connectivity index (χ4n) is 1.90. The van der Waals surface area contributed by atoms with Gasteiger partial charge in [0.15, 0.2) is 0 Å². The van der Waals surface area contributed by atoms with E-state index < -0.39 is 0 Å². The van der Waals surface area contributed by atoms with Crippen LogP contribution in [0.3, 0.4) is 0 Å². The number of anilines is 1. The maximum atomic E-state index is 9.18. The molecule has 84 valence electrons. The lowest BCUT2D eigenvalue weighted by molar-refractivity contribution is 0.730. The van der Waals surface area contributed by atoms with Crippen LogP contribution in [0, 0.1) is 24.2 Å². The molecule has 0 bridgehead atoms. The first-order chi connectivity index (χ1) is 7.76. The van der Waals surface area contributed by atoms with E-state index in [1.165, 1.54) is 12.8 Å². The highest BCUT2D eigenvalue weighted by atomic mass is 15.2. The van der Waals surface area contributed by atoms with Crippen LogP contribution in [0.4, 0.5) is 5.82 Å². The third kappa shape index (κ3) is 2.16. The van der Waals surface area contributed by atoms with E-state index in [1.807, 2.05) is 13.0 Å². The van der Waals surface area contributed by atoms with Gasteiger partial charge in [-0.25, -0.2) is 4.98 Å². The molecule has 0 saturated heterocycles. The number of aromatic nitrogens is 1. The van der Waals surface area contributed by atoms with Crippen molar-refractivity contribution in [3.8, 4) is 6.07 Å². The Morgan fingerprint density at radius 3 is 2.88 bits per heavy atom. The SMILES string of the molecule is CCN(CC1CC1)c1nccc(C)c1C#N. The van der Waals surface area contributed by atoms with E-state index in [-0.39, 0.29) is 0 Å². The summed E-state index contributed by atoms with van der Waals surface area (Å²) < 4.78 is 0. The zero-order valence-electron chi connectivity index (χ0n) is 9.90. The molecule has 1 fully saturated rings. The van der Waals surface area contributed by atoms with E-state index in [9.17, 15) is 5.26 Å². The summed E-state index contributed by atoms with van der Waals surface area (Å²) in [4.78, 5) is 6.59. The Morgan fingerprint density at radius 1 is 1.56 bits per heavy atom.